The van der Waals surface area contributed by atoms with Crippen LogP contribution in [0.4, 0.5) is 4.39 Å². The molecule has 0 unspecified atom stereocenters. The lowest BCUT2D eigenvalue weighted by atomic mass is 10.1. The van der Waals surface area contributed by atoms with Gasteiger partial charge in [-0.3, -0.25) is 4.79 Å². The average Bonchev–Trinajstić information content (AvgIpc) is 3.39. The van der Waals surface area contributed by atoms with Gasteiger partial charge in [0.05, 0.1) is 0 Å². The third-order valence-electron chi connectivity index (χ3n) is 4.19. The van der Waals surface area contributed by atoms with Crippen LogP contribution < -0.4 is 0 Å². The molecule has 3 rings (SSSR count). The molecule has 2 aromatic carbocycles. The zero-order valence-electron chi connectivity index (χ0n) is 13.4. The Labute approximate surface area is 140 Å². The van der Waals surface area contributed by atoms with E-state index >= 15 is 0 Å². The molecular formula is C19H20FNOS. The van der Waals surface area contributed by atoms with Crippen molar-refractivity contribution in [3.05, 3.63) is 65.0 Å². The summed E-state index contributed by atoms with van der Waals surface area (Å²) in [4.78, 5) is 16.1. The van der Waals surface area contributed by atoms with Gasteiger partial charge >= 0.3 is 0 Å². The highest BCUT2D eigenvalue weighted by atomic mass is 32.2. The molecule has 0 bridgehead atoms. The van der Waals surface area contributed by atoms with Gasteiger partial charge in [0.15, 0.2) is 0 Å². The Morgan fingerprint density at radius 1 is 1.22 bits per heavy atom. The highest BCUT2D eigenvalue weighted by Gasteiger charge is 2.33. The van der Waals surface area contributed by atoms with Crippen LogP contribution in [0.3, 0.4) is 0 Å². The van der Waals surface area contributed by atoms with Crippen molar-refractivity contribution in [2.24, 2.45) is 0 Å². The molecule has 2 aromatic rings. The van der Waals surface area contributed by atoms with Crippen LogP contribution in [-0.2, 0) is 6.54 Å². The van der Waals surface area contributed by atoms with Crippen LogP contribution in [0.5, 0.6) is 0 Å². The van der Waals surface area contributed by atoms with Crippen molar-refractivity contribution < 1.29 is 9.18 Å². The molecule has 1 amide bonds. The summed E-state index contributed by atoms with van der Waals surface area (Å²) in [5.41, 5.74) is 2.73. The lowest BCUT2D eigenvalue weighted by molar-refractivity contribution is 0.0729. The number of hydrogen-bond donors (Lipinski definition) is 0. The molecule has 0 aliphatic heterocycles. The number of rotatable bonds is 5. The van der Waals surface area contributed by atoms with Crippen LogP contribution in [0.15, 0.2) is 47.4 Å². The summed E-state index contributed by atoms with van der Waals surface area (Å²) in [7, 11) is 0. The number of carbonyl (C=O) groups is 1. The number of benzene rings is 2. The Morgan fingerprint density at radius 2 is 1.91 bits per heavy atom. The summed E-state index contributed by atoms with van der Waals surface area (Å²) < 4.78 is 13.1. The maximum atomic E-state index is 13.1. The summed E-state index contributed by atoms with van der Waals surface area (Å²) in [6.07, 6.45) is 4.11. The van der Waals surface area contributed by atoms with Gasteiger partial charge in [0.25, 0.3) is 5.91 Å². The molecule has 120 valence electrons. The number of aryl methyl sites for hydroxylation is 1. The van der Waals surface area contributed by atoms with Gasteiger partial charge < -0.3 is 4.90 Å². The van der Waals surface area contributed by atoms with Crippen LogP contribution in [0.1, 0.15) is 34.3 Å². The van der Waals surface area contributed by atoms with E-state index in [1.54, 1.807) is 23.9 Å². The number of amides is 1. The number of nitrogens with zero attached hydrogens (tertiary/aromatic N) is 1. The fourth-order valence-corrected chi connectivity index (χ4v) is 3.09. The van der Waals surface area contributed by atoms with E-state index in [1.807, 2.05) is 36.3 Å². The summed E-state index contributed by atoms with van der Waals surface area (Å²) in [5.74, 6) is -0.174. The predicted octanol–water partition coefficient (Wildman–Crippen LogP) is 4.66. The van der Waals surface area contributed by atoms with E-state index in [-0.39, 0.29) is 11.7 Å². The Balaban J connectivity index is 1.86. The maximum Gasteiger partial charge on any atom is 0.254 e. The van der Waals surface area contributed by atoms with Crippen molar-refractivity contribution >= 4 is 17.7 Å². The smallest absolute Gasteiger partial charge is 0.254 e. The summed E-state index contributed by atoms with van der Waals surface area (Å²) >= 11 is 1.64. The van der Waals surface area contributed by atoms with E-state index in [1.165, 1.54) is 12.1 Å². The van der Waals surface area contributed by atoms with Crippen molar-refractivity contribution in [1.82, 2.24) is 4.90 Å². The molecular weight excluding hydrogens is 309 g/mol. The minimum absolute atomic E-state index is 0.0743. The highest BCUT2D eigenvalue weighted by molar-refractivity contribution is 7.98. The number of thioether (sulfide) groups is 1. The molecule has 0 spiro atoms. The number of halogens is 1. The first-order valence-corrected chi connectivity index (χ1v) is 9.01. The van der Waals surface area contributed by atoms with Crippen LogP contribution in [0, 0.1) is 12.7 Å². The van der Waals surface area contributed by atoms with Crippen LogP contribution in [0.25, 0.3) is 0 Å². The van der Waals surface area contributed by atoms with Gasteiger partial charge in [0, 0.05) is 23.0 Å². The first-order chi connectivity index (χ1) is 11.1. The molecule has 0 atom stereocenters. The molecule has 0 heterocycles. The Hall–Kier alpha value is -1.81. The maximum absolute atomic E-state index is 13.1. The second-order valence-electron chi connectivity index (χ2n) is 5.97. The van der Waals surface area contributed by atoms with Crippen LogP contribution in [0.2, 0.25) is 0 Å². The molecule has 0 aromatic heterocycles. The zero-order valence-corrected chi connectivity index (χ0v) is 14.2. The predicted molar refractivity (Wildman–Crippen MR) is 92.3 cm³/mol. The fourth-order valence-electron chi connectivity index (χ4n) is 2.65. The molecule has 2 nitrogen and oxygen atoms in total. The topological polar surface area (TPSA) is 20.3 Å². The minimum Gasteiger partial charge on any atom is -0.331 e. The molecule has 23 heavy (non-hydrogen) atoms. The third kappa shape index (κ3) is 3.75. The second kappa shape index (κ2) is 6.75. The monoisotopic (exact) mass is 329 g/mol. The van der Waals surface area contributed by atoms with E-state index in [2.05, 4.69) is 0 Å². The van der Waals surface area contributed by atoms with E-state index in [4.69, 9.17) is 0 Å². The summed E-state index contributed by atoms with van der Waals surface area (Å²) in [6, 6.07) is 12.7. The number of hydrogen-bond acceptors (Lipinski definition) is 2. The van der Waals surface area contributed by atoms with Crippen molar-refractivity contribution in [1.29, 1.82) is 0 Å². The van der Waals surface area contributed by atoms with Crippen molar-refractivity contribution in [3.63, 3.8) is 0 Å². The van der Waals surface area contributed by atoms with Gasteiger partial charge in [-0.05, 0) is 61.4 Å². The Kier molecular flexibility index (Phi) is 4.71. The van der Waals surface area contributed by atoms with E-state index in [0.29, 0.717) is 12.6 Å². The SMILES string of the molecule is CSc1ccc(C)c(C(=O)N(Cc2ccc(F)cc2)C2CC2)c1. The molecule has 1 fully saturated rings. The second-order valence-corrected chi connectivity index (χ2v) is 6.85. The molecule has 0 saturated heterocycles. The summed E-state index contributed by atoms with van der Waals surface area (Å²) in [5, 5.41) is 0. The van der Waals surface area contributed by atoms with E-state index < -0.39 is 0 Å². The molecule has 1 aliphatic carbocycles. The van der Waals surface area contributed by atoms with Gasteiger partial charge in [-0.25, -0.2) is 4.39 Å². The van der Waals surface area contributed by atoms with Crippen LogP contribution in [-0.4, -0.2) is 23.1 Å². The molecule has 0 radical (unpaired) electrons. The fraction of sp³-hybridized carbons (Fsp3) is 0.316. The third-order valence-corrected chi connectivity index (χ3v) is 4.92. The van der Waals surface area contributed by atoms with Gasteiger partial charge in [0.1, 0.15) is 5.82 Å². The number of carbonyl (C=O) groups excluding carboxylic acids is 1. The van der Waals surface area contributed by atoms with Crippen molar-refractivity contribution in [3.8, 4) is 0 Å². The highest BCUT2D eigenvalue weighted by Crippen LogP contribution is 2.31. The lowest BCUT2D eigenvalue weighted by Crippen LogP contribution is -2.33. The van der Waals surface area contributed by atoms with Crippen LogP contribution >= 0.6 is 11.8 Å². The van der Waals surface area contributed by atoms with Gasteiger partial charge in [0.2, 0.25) is 0 Å². The standard InChI is InChI=1S/C19H20FNOS/c1-13-3-10-17(23-2)11-18(13)19(22)21(16-8-9-16)12-14-4-6-15(20)7-5-14/h3-7,10-11,16H,8-9,12H2,1-2H3. The van der Waals surface area contributed by atoms with Gasteiger partial charge in [-0.1, -0.05) is 18.2 Å². The largest absolute Gasteiger partial charge is 0.331 e. The molecule has 1 aliphatic rings. The Bertz CT molecular complexity index is 710. The molecule has 4 heteroatoms. The van der Waals surface area contributed by atoms with Crippen molar-refractivity contribution in [2.75, 3.05) is 6.26 Å². The first kappa shape index (κ1) is 16.1. The van der Waals surface area contributed by atoms with E-state index in [9.17, 15) is 9.18 Å². The van der Waals surface area contributed by atoms with Crippen molar-refractivity contribution in [2.45, 2.75) is 37.2 Å². The quantitative estimate of drug-likeness (QED) is 0.744. The van der Waals surface area contributed by atoms with Gasteiger partial charge in [-0.15, -0.1) is 11.8 Å². The first-order valence-electron chi connectivity index (χ1n) is 7.78. The molecule has 1 saturated carbocycles. The van der Waals surface area contributed by atoms with E-state index in [0.717, 1.165) is 34.4 Å². The summed E-state index contributed by atoms with van der Waals surface area (Å²) in [6.45, 7) is 2.51. The zero-order chi connectivity index (χ0) is 16.4. The molecule has 0 N–H and O–H groups in total. The minimum atomic E-state index is -0.249. The Morgan fingerprint density at radius 3 is 2.52 bits per heavy atom. The normalized spacial score (nSPS) is 13.9. The van der Waals surface area contributed by atoms with Gasteiger partial charge in [-0.2, -0.15) is 0 Å². The average molecular weight is 329 g/mol. The lowest BCUT2D eigenvalue weighted by Gasteiger charge is -2.24.